The van der Waals surface area contributed by atoms with Gasteiger partial charge in [-0.25, -0.2) is 4.98 Å². The summed E-state index contributed by atoms with van der Waals surface area (Å²) in [4.78, 5) is 4.34. The van der Waals surface area contributed by atoms with Crippen molar-refractivity contribution < 1.29 is 0 Å². The number of anilines is 1. The van der Waals surface area contributed by atoms with Crippen LogP contribution in [0.4, 0.5) is 5.95 Å². The van der Waals surface area contributed by atoms with E-state index in [2.05, 4.69) is 42.9 Å². The molecule has 0 aliphatic carbocycles. The average molecular weight is 392 g/mol. The van der Waals surface area contributed by atoms with Gasteiger partial charge in [-0.05, 0) is 62.2 Å². The second-order valence-electron chi connectivity index (χ2n) is 4.19. The van der Waals surface area contributed by atoms with Crippen molar-refractivity contribution in [3.63, 3.8) is 0 Å². The molecule has 6 heteroatoms. The minimum absolute atomic E-state index is 0.377. The number of aromatic nitrogens is 2. The molecule has 20 heavy (non-hydrogen) atoms. The molecule has 3 rings (SSSR count). The SMILES string of the molecule is N#Cc1ccc2nc(N)n(-c3c(Br)cccc3Br)c2c1. The number of nitrogens with zero attached hydrogens (tertiary/aromatic N) is 3. The summed E-state index contributed by atoms with van der Waals surface area (Å²) in [5.41, 5.74) is 9.03. The molecule has 0 saturated carbocycles. The van der Waals surface area contributed by atoms with E-state index in [1.165, 1.54) is 0 Å². The van der Waals surface area contributed by atoms with Crippen LogP contribution in [0, 0.1) is 11.3 Å². The summed E-state index contributed by atoms with van der Waals surface area (Å²) in [5, 5.41) is 9.05. The number of halogens is 2. The molecule has 0 spiro atoms. The third-order valence-corrected chi connectivity index (χ3v) is 4.25. The van der Waals surface area contributed by atoms with Crippen molar-refractivity contribution in [2.24, 2.45) is 0 Å². The minimum Gasteiger partial charge on any atom is -0.369 e. The first-order valence-corrected chi connectivity index (χ1v) is 7.33. The Kier molecular flexibility index (Phi) is 3.24. The van der Waals surface area contributed by atoms with Crippen molar-refractivity contribution in [1.82, 2.24) is 9.55 Å². The molecule has 0 radical (unpaired) electrons. The third-order valence-electron chi connectivity index (χ3n) is 2.97. The molecule has 0 bridgehead atoms. The predicted octanol–water partition coefficient (Wildman–Crippen LogP) is 4.00. The predicted molar refractivity (Wildman–Crippen MR) is 85.6 cm³/mol. The largest absolute Gasteiger partial charge is 0.369 e. The lowest BCUT2D eigenvalue weighted by Gasteiger charge is -2.11. The van der Waals surface area contributed by atoms with Crippen molar-refractivity contribution in [1.29, 1.82) is 5.26 Å². The average Bonchev–Trinajstić information content (AvgIpc) is 2.74. The molecule has 1 aromatic heterocycles. The van der Waals surface area contributed by atoms with Crippen molar-refractivity contribution in [2.45, 2.75) is 0 Å². The van der Waals surface area contributed by atoms with Crippen LogP contribution in [0.1, 0.15) is 5.56 Å². The summed E-state index contributed by atoms with van der Waals surface area (Å²) >= 11 is 7.05. The molecule has 0 fully saturated rings. The van der Waals surface area contributed by atoms with Gasteiger partial charge in [0.2, 0.25) is 5.95 Å². The van der Waals surface area contributed by atoms with Crippen LogP contribution in [0.15, 0.2) is 45.3 Å². The van der Waals surface area contributed by atoms with E-state index in [4.69, 9.17) is 11.0 Å². The normalized spacial score (nSPS) is 10.7. The highest BCUT2D eigenvalue weighted by Gasteiger charge is 2.15. The fourth-order valence-electron chi connectivity index (χ4n) is 2.10. The Morgan fingerprint density at radius 3 is 2.50 bits per heavy atom. The van der Waals surface area contributed by atoms with Gasteiger partial charge in [0.05, 0.1) is 28.4 Å². The Bertz CT molecular complexity index is 841. The van der Waals surface area contributed by atoms with Gasteiger partial charge in [0.1, 0.15) is 0 Å². The Hall–Kier alpha value is -1.84. The lowest BCUT2D eigenvalue weighted by atomic mass is 10.2. The fraction of sp³-hybridized carbons (Fsp3) is 0. The minimum atomic E-state index is 0.377. The van der Waals surface area contributed by atoms with Crippen LogP contribution in [0.3, 0.4) is 0 Å². The first kappa shape index (κ1) is 13.2. The van der Waals surface area contributed by atoms with Gasteiger partial charge < -0.3 is 5.73 Å². The molecular weight excluding hydrogens is 384 g/mol. The van der Waals surface area contributed by atoms with Crippen LogP contribution in [0.25, 0.3) is 16.7 Å². The first-order valence-electron chi connectivity index (χ1n) is 5.74. The molecule has 0 unspecified atom stereocenters. The number of nitrogen functional groups attached to an aromatic ring is 1. The zero-order valence-corrected chi connectivity index (χ0v) is 13.3. The quantitative estimate of drug-likeness (QED) is 0.681. The summed E-state index contributed by atoms with van der Waals surface area (Å²) in [5.74, 6) is 0.377. The number of benzene rings is 2. The van der Waals surface area contributed by atoms with Gasteiger partial charge in [-0.3, -0.25) is 4.57 Å². The smallest absolute Gasteiger partial charge is 0.206 e. The second-order valence-corrected chi connectivity index (χ2v) is 5.90. The topological polar surface area (TPSA) is 67.6 Å². The number of nitrogens with two attached hydrogens (primary N) is 1. The van der Waals surface area contributed by atoms with Crippen LogP contribution in [-0.2, 0) is 0 Å². The van der Waals surface area contributed by atoms with Crippen LogP contribution >= 0.6 is 31.9 Å². The molecule has 0 aliphatic rings. The molecule has 4 nitrogen and oxygen atoms in total. The van der Waals surface area contributed by atoms with E-state index in [1.807, 2.05) is 22.8 Å². The first-order chi connectivity index (χ1) is 9.61. The van der Waals surface area contributed by atoms with E-state index in [9.17, 15) is 0 Å². The Morgan fingerprint density at radius 2 is 1.85 bits per heavy atom. The maximum absolute atomic E-state index is 9.05. The highest BCUT2D eigenvalue weighted by Crippen LogP contribution is 2.33. The molecule has 0 aliphatic heterocycles. The summed E-state index contributed by atoms with van der Waals surface area (Å²) in [6, 6.07) is 13.2. The monoisotopic (exact) mass is 390 g/mol. The summed E-state index contributed by atoms with van der Waals surface area (Å²) < 4.78 is 3.60. The van der Waals surface area contributed by atoms with Gasteiger partial charge in [0.25, 0.3) is 0 Å². The van der Waals surface area contributed by atoms with Gasteiger partial charge in [-0.1, -0.05) is 6.07 Å². The number of hydrogen-bond acceptors (Lipinski definition) is 3. The van der Waals surface area contributed by atoms with Gasteiger partial charge in [0.15, 0.2) is 0 Å². The third kappa shape index (κ3) is 1.99. The Balaban J connectivity index is 2.42. The Labute approximate surface area is 132 Å². The number of rotatable bonds is 1. The fourth-order valence-corrected chi connectivity index (χ4v) is 3.45. The van der Waals surface area contributed by atoms with E-state index in [-0.39, 0.29) is 0 Å². The summed E-state index contributed by atoms with van der Waals surface area (Å²) in [6.07, 6.45) is 0. The molecule has 0 atom stereocenters. The van der Waals surface area contributed by atoms with E-state index >= 15 is 0 Å². The number of para-hydroxylation sites is 1. The van der Waals surface area contributed by atoms with Gasteiger partial charge in [0, 0.05) is 8.95 Å². The van der Waals surface area contributed by atoms with Crippen molar-refractivity contribution >= 4 is 48.8 Å². The molecule has 3 aromatic rings. The van der Waals surface area contributed by atoms with Crippen LogP contribution in [0.2, 0.25) is 0 Å². The van der Waals surface area contributed by atoms with Crippen molar-refractivity contribution in [2.75, 3.05) is 5.73 Å². The van der Waals surface area contributed by atoms with E-state index in [1.54, 1.807) is 18.2 Å². The molecule has 0 saturated heterocycles. The van der Waals surface area contributed by atoms with Gasteiger partial charge in [-0.15, -0.1) is 0 Å². The lowest BCUT2D eigenvalue weighted by Crippen LogP contribution is -2.02. The highest BCUT2D eigenvalue weighted by atomic mass is 79.9. The molecule has 0 amide bonds. The van der Waals surface area contributed by atoms with E-state index in [0.29, 0.717) is 11.5 Å². The van der Waals surface area contributed by atoms with Crippen LogP contribution < -0.4 is 5.73 Å². The maximum Gasteiger partial charge on any atom is 0.206 e. The maximum atomic E-state index is 9.05. The van der Waals surface area contributed by atoms with Crippen LogP contribution in [-0.4, -0.2) is 9.55 Å². The number of imidazole rings is 1. The molecule has 1 heterocycles. The Morgan fingerprint density at radius 1 is 1.15 bits per heavy atom. The molecular formula is C14H8Br2N4. The summed E-state index contributed by atoms with van der Waals surface area (Å²) in [7, 11) is 0. The number of hydrogen-bond donors (Lipinski definition) is 1. The van der Waals surface area contributed by atoms with Gasteiger partial charge in [-0.2, -0.15) is 5.26 Å². The van der Waals surface area contributed by atoms with Crippen molar-refractivity contribution in [3.05, 3.63) is 50.9 Å². The molecule has 2 aromatic carbocycles. The number of nitriles is 1. The van der Waals surface area contributed by atoms with E-state index < -0.39 is 0 Å². The number of fused-ring (bicyclic) bond motifs is 1. The zero-order valence-electron chi connectivity index (χ0n) is 10.1. The van der Waals surface area contributed by atoms with Crippen molar-refractivity contribution in [3.8, 4) is 11.8 Å². The highest BCUT2D eigenvalue weighted by molar-refractivity contribution is 9.11. The van der Waals surface area contributed by atoms with Crippen LogP contribution in [0.5, 0.6) is 0 Å². The second kappa shape index (κ2) is 4.93. The van der Waals surface area contributed by atoms with E-state index in [0.717, 1.165) is 25.7 Å². The molecule has 2 N–H and O–H groups in total. The standard InChI is InChI=1S/C14H8Br2N4/c15-9-2-1-3-10(16)13(9)20-12-6-8(7-17)4-5-11(12)19-14(20)18/h1-6H,(H2,18,19). The molecule has 98 valence electrons. The zero-order chi connectivity index (χ0) is 14.3. The lowest BCUT2D eigenvalue weighted by molar-refractivity contribution is 1.09. The van der Waals surface area contributed by atoms with Gasteiger partial charge >= 0.3 is 0 Å². The summed E-state index contributed by atoms with van der Waals surface area (Å²) in [6.45, 7) is 0.